The molecule has 2 N–H and O–H groups in total. The highest BCUT2D eigenvalue weighted by atomic mass is 19.1. The summed E-state index contributed by atoms with van der Waals surface area (Å²) in [5.74, 6) is -3.77. The lowest BCUT2D eigenvalue weighted by atomic mass is 10.2. The predicted octanol–water partition coefficient (Wildman–Crippen LogP) is 2.27. The zero-order chi connectivity index (χ0) is 18.9. The summed E-state index contributed by atoms with van der Waals surface area (Å²) in [4.78, 5) is 34.9. The van der Waals surface area contributed by atoms with Crippen LogP contribution in [0.2, 0.25) is 0 Å². The van der Waals surface area contributed by atoms with Gasteiger partial charge in [-0.05, 0) is 24.3 Å². The average molecular weight is 362 g/mol. The first-order valence-electron chi connectivity index (χ1n) is 7.69. The number of nitrogens with one attached hydrogen (secondary N) is 2. The van der Waals surface area contributed by atoms with E-state index in [0.717, 1.165) is 12.1 Å². The third-order valence-corrected chi connectivity index (χ3v) is 3.21. The van der Waals surface area contributed by atoms with Crippen LogP contribution in [-0.2, 0) is 14.3 Å². The Kier molecular flexibility index (Phi) is 6.78. The molecule has 8 heteroatoms. The van der Waals surface area contributed by atoms with Crippen molar-refractivity contribution in [2.45, 2.75) is 6.42 Å². The normalized spacial score (nSPS) is 10.1. The summed E-state index contributed by atoms with van der Waals surface area (Å²) in [6.45, 7) is -0.580. The minimum atomic E-state index is -0.998. The molecule has 0 aromatic heterocycles. The van der Waals surface area contributed by atoms with Crippen LogP contribution in [-0.4, -0.2) is 30.9 Å². The van der Waals surface area contributed by atoms with Gasteiger partial charge in [-0.2, -0.15) is 0 Å². The van der Waals surface area contributed by atoms with E-state index in [-0.39, 0.29) is 18.5 Å². The Morgan fingerprint density at radius 2 is 1.73 bits per heavy atom. The van der Waals surface area contributed by atoms with Gasteiger partial charge in [0.05, 0.1) is 12.0 Å². The van der Waals surface area contributed by atoms with E-state index in [0.29, 0.717) is 11.8 Å². The fourth-order valence-electron chi connectivity index (χ4n) is 1.98. The molecule has 0 aliphatic carbocycles. The molecule has 0 saturated carbocycles. The van der Waals surface area contributed by atoms with Gasteiger partial charge in [0.2, 0.25) is 0 Å². The van der Waals surface area contributed by atoms with Crippen LogP contribution >= 0.6 is 0 Å². The van der Waals surface area contributed by atoms with Crippen LogP contribution in [0.15, 0.2) is 48.5 Å². The number of carbonyl (C=O) groups excluding carboxylic acids is 3. The quantitative estimate of drug-likeness (QED) is 0.740. The highest BCUT2D eigenvalue weighted by Gasteiger charge is 2.13. The minimum absolute atomic E-state index is 0.116. The number of esters is 1. The molecular weight excluding hydrogens is 346 g/mol. The molecule has 2 amide bonds. The number of anilines is 1. The molecule has 0 aliphatic rings. The largest absolute Gasteiger partial charge is 0.456 e. The van der Waals surface area contributed by atoms with Crippen molar-refractivity contribution in [1.29, 1.82) is 0 Å². The van der Waals surface area contributed by atoms with E-state index in [4.69, 9.17) is 4.74 Å². The predicted molar refractivity (Wildman–Crippen MR) is 89.3 cm³/mol. The Balaban J connectivity index is 1.68. The molecule has 0 saturated heterocycles. The van der Waals surface area contributed by atoms with E-state index >= 15 is 0 Å². The number of amides is 2. The molecule has 2 aromatic carbocycles. The van der Waals surface area contributed by atoms with Gasteiger partial charge in [0, 0.05) is 18.3 Å². The lowest BCUT2D eigenvalue weighted by Gasteiger charge is -2.08. The molecule has 0 spiro atoms. The number of ether oxygens (including phenoxy) is 1. The van der Waals surface area contributed by atoms with Gasteiger partial charge in [-0.25, -0.2) is 8.78 Å². The van der Waals surface area contributed by atoms with E-state index in [1.54, 1.807) is 30.3 Å². The zero-order valence-electron chi connectivity index (χ0n) is 13.6. The van der Waals surface area contributed by atoms with E-state index in [9.17, 15) is 23.2 Å². The van der Waals surface area contributed by atoms with Gasteiger partial charge in [-0.1, -0.05) is 18.2 Å². The second kappa shape index (κ2) is 9.26. The third kappa shape index (κ3) is 5.97. The van der Waals surface area contributed by atoms with Crippen molar-refractivity contribution in [3.8, 4) is 0 Å². The maximum atomic E-state index is 13.4. The van der Waals surface area contributed by atoms with Crippen molar-refractivity contribution in [2.24, 2.45) is 0 Å². The Bertz CT molecular complexity index is 797. The average Bonchev–Trinajstić information content (AvgIpc) is 2.60. The number of hydrogen-bond acceptors (Lipinski definition) is 4. The second-order valence-electron chi connectivity index (χ2n) is 5.20. The smallest absolute Gasteiger partial charge is 0.308 e. The highest BCUT2D eigenvalue weighted by Crippen LogP contribution is 2.09. The summed E-state index contributed by atoms with van der Waals surface area (Å²) < 4.78 is 31.0. The minimum Gasteiger partial charge on any atom is -0.456 e. The summed E-state index contributed by atoms with van der Waals surface area (Å²) >= 11 is 0. The number of rotatable bonds is 7. The number of carbonyl (C=O) groups is 3. The summed E-state index contributed by atoms with van der Waals surface area (Å²) in [7, 11) is 0. The van der Waals surface area contributed by atoms with E-state index in [1.807, 2.05) is 0 Å². The molecule has 26 heavy (non-hydrogen) atoms. The van der Waals surface area contributed by atoms with Crippen molar-refractivity contribution in [3.63, 3.8) is 0 Å². The molecular formula is C18H16F2N2O4. The van der Waals surface area contributed by atoms with Gasteiger partial charge in [-0.3, -0.25) is 14.4 Å². The van der Waals surface area contributed by atoms with Crippen LogP contribution < -0.4 is 10.6 Å². The maximum Gasteiger partial charge on any atom is 0.308 e. The number of hydrogen-bond donors (Lipinski definition) is 2. The molecule has 0 aliphatic heterocycles. The Labute approximate surface area is 148 Å². The first-order chi connectivity index (χ1) is 12.5. The van der Waals surface area contributed by atoms with Gasteiger partial charge in [0.15, 0.2) is 6.61 Å². The summed E-state index contributed by atoms with van der Waals surface area (Å²) in [5.41, 5.74) is 0.240. The summed E-state index contributed by atoms with van der Waals surface area (Å²) in [6.07, 6.45) is -0.201. The third-order valence-electron chi connectivity index (χ3n) is 3.21. The molecule has 0 radical (unpaired) electrons. The SMILES string of the molecule is O=C(COC(=O)CCNC(=O)c1ccc(F)cc1F)Nc1ccccc1. The molecule has 0 heterocycles. The van der Waals surface area contributed by atoms with E-state index < -0.39 is 36.0 Å². The first kappa shape index (κ1) is 19.0. The van der Waals surface area contributed by atoms with E-state index in [2.05, 4.69) is 10.6 Å². The first-order valence-corrected chi connectivity index (χ1v) is 7.69. The highest BCUT2D eigenvalue weighted by molar-refractivity contribution is 5.95. The van der Waals surface area contributed by atoms with E-state index in [1.165, 1.54) is 0 Å². The monoisotopic (exact) mass is 362 g/mol. The Morgan fingerprint density at radius 3 is 2.42 bits per heavy atom. The van der Waals surface area contributed by atoms with Crippen molar-refractivity contribution < 1.29 is 27.9 Å². The molecule has 0 fully saturated rings. The lowest BCUT2D eigenvalue weighted by molar-refractivity contribution is -0.147. The van der Waals surface area contributed by atoms with Crippen LogP contribution in [0.25, 0.3) is 0 Å². The van der Waals surface area contributed by atoms with Crippen molar-refractivity contribution >= 4 is 23.5 Å². The molecule has 0 unspecified atom stereocenters. The van der Waals surface area contributed by atoms with Crippen LogP contribution in [0.5, 0.6) is 0 Å². The fourth-order valence-corrected chi connectivity index (χ4v) is 1.98. The number of para-hydroxylation sites is 1. The Hall–Kier alpha value is -3.29. The second-order valence-corrected chi connectivity index (χ2v) is 5.20. The van der Waals surface area contributed by atoms with Crippen LogP contribution in [0.1, 0.15) is 16.8 Å². The maximum absolute atomic E-state index is 13.4. The van der Waals surface area contributed by atoms with Gasteiger partial charge in [-0.15, -0.1) is 0 Å². The summed E-state index contributed by atoms with van der Waals surface area (Å²) in [5, 5.41) is 4.86. The molecule has 0 bridgehead atoms. The number of halogens is 2. The van der Waals surface area contributed by atoms with Crippen molar-refractivity contribution in [1.82, 2.24) is 5.32 Å². The van der Waals surface area contributed by atoms with Crippen LogP contribution in [0.3, 0.4) is 0 Å². The van der Waals surface area contributed by atoms with Crippen LogP contribution in [0.4, 0.5) is 14.5 Å². The van der Waals surface area contributed by atoms with Crippen molar-refractivity contribution in [2.75, 3.05) is 18.5 Å². The zero-order valence-corrected chi connectivity index (χ0v) is 13.6. The summed E-state index contributed by atoms with van der Waals surface area (Å²) in [6, 6.07) is 11.2. The number of benzene rings is 2. The fraction of sp³-hybridized carbons (Fsp3) is 0.167. The molecule has 2 aromatic rings. The molecule has 6 nitrogen and oxygen atoms in total. The standard InChI is InChI=1S/C18H16F2N2O4/c19-12-6-7-14(15(20)10-12)18(25)21-9-8-17(24)26-11-16(23)22-13-4-2-1-3-5-13/h1-7,10H,8-9,11H2,(H,21,25)(H,22,23). The Morgan fingerprint density at radius 1 is 1.00 bits per heavy atom. The van der Waals surface area contributed by atoms with Crippen molar-refractivity contribution in [3.05, 3.63) is 65.7 Å². The molecule has 0 atom stereocenters. The topological polar surface area (TPSA) is 84.5 Å². The van der Waals surface area contributed by atoms with Crippen LogP contribution in [0, 0.1) is 11.6 Å². The van der Waals surface area contributed by atoms with Gasteiger partial charge < -0.3 is 15.4 Å². The molecule has 136 valence electrons. The lowest BCUT2D eigenvalue weighted by Crippen LogP contribution is -2.28. The van der Waals surface area contributed by atoms with Gasteiger partial charge in [0.25, 0.3) is 11.8 Å². The van der Waals surface area contributed by atoms with Gasteiger partial charge in [0.1, 0.15) is 11.6 Å². The van der Waals surface area contributed by atoms with Gasteiger partial charge >= 0.3 is 5.97 Å². The molecule has 2 rings (SSSR count).